The third-order valence-electron chi connectivity index (χ3n) is 3.98. The van der Waals surface area contributed by atoms with Crippen molar-refractivity contribution in [1.29, 1.82) is 0 Å². The molecule has 0 saturated carbocycles. The van der Waals surface area contributed by atoms with E-state index in [0.29, 0.717) is 16.5 Å². The molecule has 0 bridgehead atoms. The Bertz CT molecular complexity index is 769. The van der Waals surface area contributed by atoms with Gasteiger partial charge in [-0.1, -0.05) is 41.9 Å². The van der Waals surface area contributed by atoms with E-state index in [2.05, 4.69) is 0 Å². The van der Waals surface area contributed by atoms with Crippen molar-refractivity contribution in [3.8, 4) is 0 Å². The highest BCUT2D eigenvalue weighted by molar-refractivity contribution is 7.99. The number of thioether (sulfide) groups is 1. The van der Waals surface area contributed by atoms with Crippen LogP contribution in [-0.4, -0.2) is 28.5 Å². The van der Waals surface area contributed by atoms with Crippen LogP contribution in [0.3, 0.4) is 0 Å². The third-order valence-corrected chi connectivity index (χ3v) is 5.31. The van der Waals surface area contributed by atoms with Crippen LogP contribution in [0.25, 0.3) is 0 Å². The Morgan fingerprint density at radius 2 is 2.00 bits per heavy atom. The van der Waals surface area contributed by atoms with Crippen molar-refractivity contribution in [3.05, 3.63) is 74.8 Å². The van der Waals surface area contributed by atoms with Crippen molar-refractivity contribution in [2.45, 2.75) is 18.7 Å². The molecule has 0 aromatic heterocycles. The van der Waals surface area contributed by atoms with Crippen LogP contribution in [0.1, 0.15) is 24.1 Å². The summed E-state index contributed by atoms with van der Waals surface area (Å²) >= 11 is 7.60. The lowest BCUT2D eigenvalue weighted by Crippen LogP contribution is -2.31. The Labute approximate surface area is 156 Å². The minimum atomic E-state index is -0.433. The molecule has 25 heavy (non-hydrogen) atoms. The van der Waals surface area contributed by atoms with Gasteiger partial charge in [0.05, 0.1) is 16.7 Å². The number of nitro groups is 1. The van der Waals surface area contributed by atoms with Gasteiger partial charge in [-0.15, -0.1) is 11.8 Å². The number of rotatable bonds is 7. The van der Waals surface area contributed by atoms with E-state index in [1.54, 1.807) is 24.1 Å². The second-order valence-corrected chi connectivity index (χ2v) is 7.01. The van der Waals surface area contributed by atoms with Gasteiger partial charge in [0.15, 0.2) is 0 Å². The van der Waals surface area contributed by atoms with Crippen molar-refractivity contribution in [1.82, 2.24) is 4.90 Å². The summed E-state index contributed by atoms with van der Waals surface area (Å²) in [6, 6.07) is 13.7. The Hall–Kier alpha value is -2.05. The molecule has 0 unspecified atom stereocenters. The van der Waals surface area contributed by atoms with Gasteiger partial charge in [-0.3, -0.25) is 14.9 Å². The maximum atomic E-state index is 12.4. The molecule has 1 atom stereocenters. The molecule has 7 heteroatoms. The van der Waals surface area contributed by atoms with E-state index in [1.165, 1.54) is 23.9 Å². The summed E-state index contributed by atoms with van der Waals surface area (Å²) in [5.41, 5.74) is 1.76. The first-order valence-electron chi connectivity index (χ1n) is 7.71. The van der Waals surface area contributed by atoms with E-state index in [-0.39, 0.29) is 17.6 Å². The monoisotopic (exact) mass is 378 g/mol. The lowest BCUT2D eigenvalue weighted by Gasteiger charge is -2.25. The lowest BCUT2D eigenvalue weighted by atomic mass is 10.1. The molecular weight excluding hydrogens is 360 g/mol. The predicted octanol–water partition coefficient (Wildman–Crippen LogP) is 4.70. The van der Waals surface area contributed by atoms with Crippen molar-refractivity contribution >= 4 is 35.0 Å². The highest BCUT2D eigenvalue weighted by Crippen LogP contribution is 2.25. The molecule has 132 valence electrons. The molecule has 0 aliphatic heterocycles. The fraction of sp³-hybridized carbons (Fsp3) is 0.278. The Balaban J connectivity index is 1.94. The van der Waals surface area contributed by atoms with E-state index < -0.39 is 4.92 Å². The smallest absolute Gasteiger partial charge is 0.269 e. The van der Waals surface area contributed by atoms with Crippen molar-refractivity contribution in [2.75, 3.05) is 12.8 Å². The minimum absolute atomic E-state index is 0.0262. The maximum Gasteiger partial charge on any atom is 0.269 e. The number of non-ortho nitro benzene ring substituents is 1. The highest BCUT2D eigenvalue weighted by Gasteiger charge is 2.19. The largest absolute Gasteiger partial charge is 0.338 e. The summed E-state index contributed by atoms with van der Waals surface area (Å²) in [4.78, 5) is 24.5. The highest BCUT2D eigenvalue weighted by atomic mass is 35.5. The number of hydrogen-bond donors (Lipinski definition) is 0. The van der Waals surface area contributed by atoms with Crippen LogP contribution in [0.2, 0.25) is 5.02 Å². The standard InChI is InChI=1S/C18H19ClN2O3S/c1-13(14-7-5-8-16(10-14)21(23)24)20(2)18(22)12-25-11-15-6-3-4-9-17(15)19/h3-10,13H,11-12H2,1-2H3/t13-/m1/s1. The number of nitro benzene ring substituents is 1. The summed E-state index contributed by atoms with van der Waals surface area (Å²) in [6.45, 7) is 1.86. The number of carbonyl (C=O) groups is 1. The molecule has 0 N–H and O–H groups in total. The molecule has 0 saturated heterocycles. The average molecular weight is 379 g/mol. The molecule has 2 rings (SSSR count). The zero-order valence-corrected chi connectivity index (χ0v) is 15.6. The second-order valence-electron chi connectivity index (χ2n) is 5.62. The van der Waals surface area contributed by atoms with E-state index in [9.17, 15) is 14.9 Å². The number of hydrogen-bond acceptors (Lipinski definition) is 4. The first-order chi connectivity index (χ1) is 11.9. The Morgan fingerprint density at radius 1 is 1.28 bits per heavy atom. The zero-order chi connectivity index (χ0) is 18.4. The van der Waals surface area contributed by atoms with Gasteiger partial charge in [-0.25, -0.2) is 0 Å². The molecule has 2 aromatic rings. The van der Waals surface area contributed by atoms with Gasteiger partial charge in [0, 0.05) is 30.0 Å². The van der Waals surface area contributed by atoms with E-state index in [4.69, 9.17) is 11.6 Å². The summed E-state index contributed by atoms with van der Waals surface area (Å²) in [5, 5.41) is 11.6. The number of carbonyl (C=O) groups excluding carboxylic acids is 1. The SMILES string of the molecule is C[C@H](c1cccc([N+](=O)[O-])c1)N(C)C(=O)CSCc1ccccc1Cl. The van der Waals surface area contributed by atoms with Gasteiger partial charge >= 0.3 is 0 Å². The number of benzene rings is 2. The average Bonchev–Trinajstić information content (AvgIpc) is 2.62. The topological polar surface area (TPSA) is 63.5 Å². The number of halogens is 1. The Morgan fingerprint density at radius 3 is 2.68 bits per heavy atom. The van der Waals surface area contributed by atoms with Crippen molar-refractivity contribution in [3.63, 3.8) is 0 Å². The van der Waals surface area contributed by atoms with E-state index >= 15 is 0 Å². The normalized spacial score (nSPS) is 11.8. The van der Waals surface area contributed by atoms with Crippen LogP contribution in [0.15, 0.2) is 48.5 Å². The molecule has 0 spiro atoms. The number of amides is 1. The van der Waals surface area contributed by atoms with E-state index in [1.807, 2.05) is 31.2 Å². The first kappa shape index (κ1) is 19.3. The molecule has 0 aliphatic rings. The van der Waals surface area contributed by atoms with Crippen LogP contribution in [0, 0.1) is 10.1 Å². The molecule has 1 amide bonds. The van der Waals surface area contributed by atoms with Crippen LogP contribution >= 0.6 is 23.4 Å². The summed E-state index contributed by atoms with van der Waals surface area (Å²) in [6.07, 6.45) is 0. The fourth-order valence-corrected chi connectivity index (χ4v) is 3.54. The van der Waals surface area contributed by atoms with Gasteiger partial charge in [0.25, 0.3) is 5.69 Å². The number of nitrogens with zero attached hydrogens (tertiary/aromatic N) is 2. The van der Waals surface area contributed by atoms with Gasteiger partial charge in [0.2, 0.25) is 5.91 Å². The minimum Gasteiger partial charge on any atom is -0.338 e. The van der Waals surface area contributed by atoms with Gasteiger partial charge in [-0.2, -0.15) is 0 Å². The molecule has 2 aromatic carbocycles. The quantitative estimate of drug-likeness (QED) is 0.517. The van der Waals surface area contributed by atoms with E-state index in [0.717, 1.165) is 11.1 Å². The Kier molecular flexibility index (Phi) is 6.84. The molecule has 0 fully saturated rings. The van der Waals surface area contributed by atoms with Crippen LogP contribution < -0.4 is 0 Å². The molecule has 0 radical (unpaired) electrons. The summed E-state index contributed by atoms with van der Waals surface area (Å²) in [7, 11) is 1.71. The van der Waals surface area contributed by atoms with Crippen molar-refractivity contribution in [2.24, 2.45) is 0 Å². The van der Waals surface area contributed by atoms with Gasteiger partial charge in [-0.05, 0) is 24.1 Å². The second kappa shape index (κ2) is 8.87. The molecule has 0 aliphatic carbocycles. The summed E-state index contributed by atoms with van der Waals surface area (Å²) in [5.74, 6) is 0.946. The third kappa shape index (κ3) is 5.21. The van der Waals surface area contributed by atoms with Crippen molar-refractivity contribution < 1.29 is 9.72 Å². The lowest BCUT2D eigenvalue weighted by molar-refractivity contribution is -0.384. The predicted molar refractivity (Wildman–Crippen MR) is 102 cm³/mol. The van der Waals surface area contributed by atoms with Crippen LogP contribution in [-0.2, 0) is 10.5 Å². The molecule has 5 nitrogen and oxygen atoms in total. The maximum absolute atomic E-state index is 12.4. The zero-order valence-electron chi connectivity index (χ0n) is 14.0. The van der Waals surface area contributed by atoms with Gasteiger partial charge < -0.3 is 4.90 Å². The first-order valence-corrected chi connectivity index (χ1v) is 9.24. The molecular formula is C18H19ClN2O3S. The van der Waals surface area contributed by atoms with Gasteiger partial charge in [0.1, 0.15) is 0 Å². The van der Waals surface area contributed by atoms with Crippen LogP contribution in [0.4, 0.5) is 5.69 Å². The summed E-state index contributed by atoms with van der Waals surface area (Å²) < 4.78 is 0. The fourth-order valence-electron chi connectivity index (χ4n) is 2.30. The molecule has 0 heterocycles. The van der Waals surface area contributed by atoms with Crippen LogP contribution in [0.5, 0.6) is 0 Å².